The molecule has 3 rings (SSSR count). The van der Waals surface area contributed by atoms with Crippen LogP contribution in [0.15, 0.2) is 78.9 Å². The van der Waals surface area contributed by atoms with Gasteiger partial charge in [0.05, 0.1) is 7.11 Å². The monoisotopic (exact) mass is 446 g/mol. The number of carbonyl (C=O) groups excluding carboxylic acids is 3. The van der Waals surface area contributed by atoms with Gasteiger partial charge < -0.3 is 20.1 Å². The molecule has 7 nitrogen and oxygen atoms in total. The van der Waals surface area contributed by atoms with Gasteiger partial charge in [-0.15, -0.1) is 0 Å². The second-order valence-corrected chi connectivity index (χ2v) is 7.43. The van der Waals surface area contributed by atoms with Crippen molar-refractivity contribution in [2.75, 3.05) is 12.4 Å². The van der Waals surface area contributed by atoms with Gasteiger partial charge in [0.15, 0.2) is 0 Å². The number of esters is 1. The Morgan fingerprint density at radius 2 is 1.58 bits per heavy atom. The fraction of sp³-hybridized carbons (Fsp3) is 0.192. The number of benzene rings is 3. The Hall–Kier alpha value is -4.13. The van der Waals surface area contributed by atoms with Crippen molar-refractivity contribution < 1.29 is 23.9 Å². The van der Waals surface area contributed by atoms with Crippen molar-refractivity contribution in [2.45, 2.75) is 26.0 Å². The van der Waals surface area contributed by atoms with Crippen LogP contribution in [0.1, 0.15) is 28.4 Å². The van der Waals surface area contributed by atoms with Gasteiger partial charge in [0.2, 0.25) is 5.91 Å². The number of nitrogens with one attached hydrogen (secondary N) is 2. The molecule has 3 aromatic rings. The van der Waals surface area contributed by atoms with Crippen molar-refractivity contribution in [3.63, 3.8) is 0 Å². The third-order valence-corrected chi connectivity index (χ3v) is 4.85. The van der Waals surface area contributed by atoms with Gasteiger partial charge in [-0.1, -0.05) is 42.5 Å². The fourth-order valence-corrected chi connectivity index (χ4v) is 3.22. The summed E-state index contributed by atoms with van der Waals surface area (Å²) in [4.78, 5) is 36.2. The molecule has 2 amide bonds. The molecule has 2 N–H and O–H groups in total. The van der Waals surface area contributed by atoms with Gasteiger partial charge >= 0.3 is 5.97 Å². The van der Waals surface area contributed by atoms with E-state index >= 15 is 0 Å². The lowest BCUT2D eigenvalue weighted by Gasteiger charge is -2.17. The van der Waals surface area contributed by atoms with Crippen LogP contribution in [0.3, 0.4) is 0 Å². The van der Waals surface area contributed by atoms with E-state index in [1.54, 1.807) is 24.3 Å². The van der Waals surface area contributed by atoms with Crippen molar-refractivity contribution in [2.24, 2.45) is 0 Å². The Bertz CT molecular complexity index is 1100. The van der Waals surface area contributed by atoms with Gasteiger partial charge in [-0.3, -0.25) is 9.59 Å². The normalized spacial score (nSPS) is 11.2. The Labute approximate surface area is 192 Å². The zero-order valence-corrected chi connectivity index (χ0v) is 18.5. The predicted octanol–water partition coefficient (Wildman–Crippen LogP) is 3.74. The molecule has 0 aliphatic rings. The van der Waals surface area contributed by atoms with Crippen molar-refractivity contribution in [1.82, 2.24) is 5.32 Å². The molecule has 0 spiro atoms. The molecular weight excluding hydrogens is 420 g/mol. The largest absolute Gasteiger partial charge is 0.489 e. The highest BCUT2D eigenvalue weighted by molar-refractivity contribution is 5.97. The fourth-order valence-electron chi connectivity index (χ4n) is 3.22. The highest BCUT2D eigenvalue weighted by Gasteiger charge is 2.23. The SMILES string of the molecule is COC(=O)[C@H](Cc1cccc(OCc2ccccc2)c1)NC(=O)c1ccc(NC(C)=O)cc1. The molecule has 3 aromatic carbocycles. The molecule has 0 aliphatic heterocycles. The highest BCUT2D eigenvalue weighted by Crippen LogP contribution is 2.17. The summed E-state index contributed by atoms with van der Waals surface area (Å²) >= 11 is 0. The summed E-state index contributed by atoms with van der Waals surface area (Å²) in [7, 11) is 1.28. The first-order chi connectivity index (χ1) is 15.9. The maximum absolute atomic E-state index is 12.7. The summed E-state index contributed by atoms with van der Waals surface area (Å²) in [6.45, 7) is 1.83. The summed E-state index contributed by atoms with van der Waals surface area (Å²) in [6, 6.07) is 22.7. The number of ether oxygens (including phenoxy) is 2. The van der Waals surface area contributed by atoms with Gasteiger partial charge in [0, 0.05) is 24.6 Å². The first kappa shape index (κ1) is 23.5. The standard InChI is InChI=1S/C26H26N2O5/c1-18(29)27-22-13-11-21(12-14-22)25(30)28-24(26(31)32-2)16-20-9-6-10-23(15-20)33-17-19-7-4-3-5-8-19/h3-15,24H,16-17H2,1-2H3,(H,27,29)(H,28,30)/t24-/m0/s1. The summed E-state index contributed by atoms with van der Waals surface area (Å²) in [5.74, 6) is -0.502. The molecular formula is C26H26N2O5. The third-order valence-electron chi connectivity index (χ3n) is 4.85. The second-order valence-electron chi connectivity index (χ2n) is 7.43. The molecule has 0 bridgehead atoms. The maximum atomic E-state index is 12.7. The quantitative estimate of drug-likeness (QED) is 0.489. The van der Waals surface area contributed by atoms with Crippen LogP contribution in [-0.2, 0) is 27.4 Å². The van der Waals surface area contributed by atoms with Crippen LogP contribution in [0, 0.1) is 0 Å². The molecule has 0 saturated carbocycles. The van der Waals surface area contributed by atoms with E-state index in [0.29, 0.717) is 23.6 Å². The first-order valence-corrected chi connectivity index (χ1v) is 10.5. The minimum atomic E-state index is -0.873. The maximum Gasteiger partial charge on any atom is 0.328 e. The van der Waals surface area contributed by atoms with Crippen LogP contribution in [0.4, 0.5) is 5.69 Å². The summed E-state index contributed by atoms with van der Waals surface area (Å²) < 4.78 is 10.7. The van der Waals surface area contributed by atoms with Crippen molar-refractivity contribution >= 4 is 23.5 Å². The zero-order valence-electron chi connectivity index (χ0n) is 18.5. The van der Waals surface area contributed by atoms with Crippen LogP contribution < -0.4 is 15.4 Å². The van der Waals surface area contributed by atoms with Crippen LogP contribution in [0.2, 0.25) is 0 Å². The predicted molar refractivity (Wildman–Crippen MR) is 125 cm³/mol. The van der Waals surface area contributed by atoms with Crippen LogP contribution in [0.25, 0.3) is 0 Å². The molecule has 7 heteroatoms. The minimum Gasteiger partial charge on any atom is -0.489 e. The number of anilines is 1. The minimum absolute atomic E-state index is 0.201. The number of carbonyl (C=O) groups is 3. The van der Waals surface area contributed by atoms with Gasteiger partial charge in [-0.2, -0.15) is 0 Å². The van der Waals surface area contributed by atoms with Crippen molar-refractivity contribution in [3.05, 3.63) is 95.6 Å². The molecule has 0 fully saturated rings. The second kappa shape index (κ2) is 11.5. The van der Waals surface area contributed by atoms with Gasteiger partial charge in [0.25, 0.3) is 5.91 Å². The van der Waals surface area contributed by atoms with E-state index < -0.39 is 17.9 Å². The average Bonchev–Trinajstić information content (AvgIpc) is 2.83. The molecule has 0 aromatic heterocycles. The molecule has 0 aliphatic carbocycles. The van der Waals surface area contributed by atoms with Crippen molar-refractivity contribution in [3.8, 4) is 5.75 Å². The van der Waals surface area contributed by atoms with E-state index in [1.807, 2.05) is 54.6 Å². The smallest absolute Gasteiger partial charge is 0.328 e. The molecule has 1 atom stereocenters. The summed E-state index contributed by atoms with van der Waals surface area (Å²) in [6.07, 6.45) is 0.241. The van der Waals surface area contributed by atoms with E-state index in [0.717, 1.165) is 11.1 Å². The Kier molecular flexibility index (Phi) is 8.18. The lowest BCUT2D eigenvalue weighted by Crippen LogP contribution is -2.43. The molecule has 170 valence electrons. The molecule has 0 radical (unpaired) electrons. The lowest BCUT2D eigenvalue weighted by atomic mass is 10.0. The Morgan fingerprint density at radius 1 is 0.879 bits per heavy atom. The van der Waals surface area contributed by atoms with Gasteiger partial charge in [-0.05, 0) is 47.5 Å². The van der Waals surface area contributed by atoms with Crippen LogP contribution >= 0.6 is 0 Å². The highest BCUT2D eigenvalue weighted by atomic mass is 16.5. The Morgan fingerprint density at radius 3 is 2.24 bits per heavy atom. The van der Waals surface area contributed by atoms with E-state index in [4.69, 9.17) is 9.47 Å². The molecule has 0 saturated heterocycles. The zero-order chi connectivity index (χ0) is 23.6. The number of hydrogen-bond donors (Lipinski definition) is 2. The van der Waals surface area contributed by atoms with E-state index in [-0.39, 0.29) is 12.3 Å². The summed E-state index contributed by atoms with van der Waals surface area (Å²) in [5.41, 5.74) is 2.80. The third kappa shape index (κ3) is 7.21. The number of hydrogen-bond acceptors (Lipinski definition) is 5. The Balaban J connectivity index is 1.66. The van der Waals surface area contributed by atoms with E-state index in [1.165, 1.54) is 14.0 Å². The lowest BCUT2D eigenvalue weighted by molar-refractivity contribution is -0.142. The average molecular weight is 447 g/mol. The number of rotatable bonds is 9. The number of amides is 2. The first-order valence-electron chi connectivity index (χ1n) is 10.5. The van der Waals surface area contributed by atoms with Crippen LogP contribution in [0.5, 0.6) is 5.75 Å². The number of methoxy groups -OCH3 is 1. The van der Waals surface area contributed by atoms with Crippen molar-refractivity contribution in [1.29, 1.82) is 0 Å². The van der Waals surface area contributed by atoms with E-state index in [9.17, 15) is 14.4 Å². The molecule has 0 unspecified atom stereocenters. The summed E-state index contributed by atoms with van der Waals surface area (Å²) in [5, 5.41) is 5.37. The van der Waals surface area contributed by atoms with Gasteiger partial charge in [-0.25, -0.2) is 4.79 Å². The van der Waals surface area contributed by atoms with Gasteiger partial charge in [0.1, 0.15) is 18.4 Å². The van der Waals surface area contributed by atoms with E-state index in [2.05, 4.69) is 10.6 Å². The topological polar surface area (TPSA) is 93.7 Å². The molecule has 33 heavy (non-hydrogen) atoms. The van der Waals surface area contributed by atoms with Crippen LogP contribution in [-0.4, -0.2) is 30.9 Å². The molecule has 0 heterocycles.